The molecule has 0 unspecified atom stereocenters. The van der Waals surface area contributed by atoms with Crippen LogP contribution in [0.15, 0.2) is 83.9 Å². The summed E-state index contributed by atoms with van der Waals surface area (Å²) in [7, 11) is 1.69. The maximum Gasteiger partial charge on any atom is 0.137 e. The van der Waals surface area contributed by atoms with E-state index in [1.54, 1.807) is 7.11 Å². The number of methoxy groups -OCH3 is 1. The Morgan fingerprint density at radius 2 is 1.71 bits per heavy atom. The average Bonchev–Trinajstić information content (AvgIpc) is 2.75. The van der Waals surface area contributed by atoms with Gasteiger partial charge in [-0.2, -0.15) is 0 Å². The molecule has 0 saturated heterocycles. The normalized spacial score (nSPS) is 14.6. The smallest absolute Gasteiger partial charge is 0.137 e. The Morgan fingerprint density at radius 1 is 0.929 bits per heavy atom. The van der Waals surface area contributed by atoms with E-state index in [1.807, 2.05) is 18.2 Å². The van der Waals surface area contributed by atoms with Crippen molar-refractivity contribution in [2.45, 2.75) is 13.5 Å². The minimum absolute atomic E-state index is 0.679. The molecule has 4 nitrogen and oxygen atoms in total. The fourth-order valence-corrected chi connectivity index (χ4v) is 3.49. The molecule has 0 N–H and O–H groups in total. The van der Waals surface area contributed by atoms with Crippen LogP contribution in [0.1, 0.15) is 16.7 Å². The lowest BCUT2D eigenvalue weighted by Gasteiger charge is -2.36. The lowest BCUT2D eigenvalue weighted by atomic mass is 10.1. The highest BCUT2D eigenvalue weighted by atomic mass is 16.5. The van der Waals surface area contributed by atoms with Crippen molar-refractivity contribution < 1.29 is 4.74 Å². The van der Waals surface area contributed by atoms with Gasteiger partial charge in [-0.15, -0.1) is 0 Å². The molecule has 3 aromatic carbocycles. The SMILES string of the molecule is COc1ccc(CN2CN=C(c3ccccc3)N(c3cccc(C)c3)C2)cc1. The number of hydrogen-bond donors (Lipinski definition) is 0. The van der Waals surface area contributed by atoms with E-state index in [2.05, 4.69) is 77.4 Å². The Balaban J connectivity index is 1.61. The van der Waals surface area contributed by atoms with Crippen molar-refractivity contribution in [3.8, 4) is 5.75 Å². The van der Waals surface area contributed by atoms with E-state index >= 15 is 0 Å². The van der Waals surface area contributed by atoms with E-state index in [-0.39, 0.29) is 0 Å². The van der Waals surface area contributed by atoms with Crippen LogP contribution in [0.5, 0.6) is 5.75 Å². The average molecular weight is 371 g/mol. The zero-order chi connectivity index (χ0) is 19.3. The number of ether oxygens (including phenoxy) is 1. The molecule has 0 spiro atoms. The lowest BCUT2D eigenvalue weighted by Crippen LogP contribution is -2.46. The van der Waals surface area contributed by atoms with E-state index in [0.717, 1.165) is 30.4 Å². The van der Waals surface area contributed by atoms with Gasteiger partial charge in [-0.05, 0) is 42.3 Å². The predicted octanol–water partition coefficient (Wildman–Crippen LogP) is 4.69. The molecule has 1 aliphatic rings. The number of aryl methyl sites for hydroxylation is 1. The summed E-state index contributed by atoms with van der Waals surface area (Å²) >= 11 is 0. The molecular formula is C24H25N3O. The molecule has 28 heavy (non-hydrogen) atoms. The number of nitrogens with zero attached hydrogens (tertiary/aromatic N) is 3. The molecule has 4 heteroatoms. The largest absolute Gasteiger partial charge is 0.497 e. The van der Waals surface area contributed by atoms with Gasteiger partial charge in [0.2, 0.25) is 0 Å². The molecule has 0 fully saturated rings. The first-order chi connectivity index (χ1) is 13.7. The lowest BCUT2D eigenvalue weighted by molar-refractivity contribution is 0.273. The van der Waals surface area contributed by atoms with Gasteiger partial charge in [-0.3, -0.25) is 9.89 Å². The molecule has 0 aromatic heterocycles. The quantitative estimate of drug-likeness (QED) is 0.651. The summed E-state index contributed by atoms with van der Waals surface area (Å²) in [6.45, 7) is 4.45. The zero-order valence-corrected chi connectivity index (χ0v) is 16.4. The van der Waals surface area contributed by atoms with E-state index in [4.69, 9.17) is 9.73 Å². The molecule has 3 aromatic rings. The molecule has 1 heterocycles. The number of benzene rings is 3. The van der Waals surface area contributed by atoms with E-state index < -0.39 is 0 Å². The van der Waals surface area contributed by atoms with Gasteiger partial charge in [-0.1, -0.05) is 54.6 Å². The highest BCUT2D eigenvalue weighted by Crippen LogP contribution is 2.23. The molecule has 0 bridgehead atoms. The summed E-state index contributed by atoms with van der Waals surface area (Å²) in [5, 5.41) is 0. The van der Waals surface area contributed by atoms with E-state index in [0.29, 0.717) is 6.67 Å². The van der Waals surface area contributed by atoms with Crippen molar-refractivity contribution in [3.05, 3.63) is 95.6 Å². The Kier molecular flexibility index (Phi) is 5.40. The number of rotatable bonds is 5. The monoisotopic (exact) mass is 371 g/mol. The Bertz CT molecular complexity index is 951. The number of aliphatic imine (C=N–C) groups is 1. The van der Waals surface area contributed by atoms with Gasteiger partial charge in [0.05, 0.1) is 20.4 Å². The molecule has 0 amide bonds. The maximum absolute atomic E-state index is 5.26. The molecule has 4 rings (SSSR count). The van der Waals surface area contributed by atoms with Crippen LogP contribution in [0.4, 0.5) is 5.69 Å². The molecule has 0 radical (unpaired) electrons. The summed E-state index contributed by atoms with van der Waals surface area (Å²) in [6.07, 6.45) is 0. The number of anilines is 1. The van der Waals surface area contributed by atoms with Gasteiger partial charge < -0.3 is 9.64 Å². The third-order valence-corrected chi connectivity index (χ3v) is 4.93. The first kappa shape index (κ1) is 18.3. The van der Waals surface area contributed by atoms with Gasteiger partial charge in [0.15, 0.2) is 0 Å². The van der Waals surface area contributed by atoms with Crippen LogP contribution < -0.4 is 9.64 Å². The summed E-state index contributed by atoms with van der Waals surface area (Å²) in [6, 6.07) is 27.3. The Morgan fingerprint density at radius 3 is 2.43 bits per heavy atom. The molecule has 142 valence electrons. The van der Waals surface area contributed by atoms with Crippen molar-refractivity contribution >= 4 is 11.5 Å². The van der Waals surface area contributed by atoms with Crippen LogP contribution in [-0.2, 0) is 6.54 Å². The van der Waals surface area contributed by atoms with Crippen LogP contribution in [0.25, 0.3) is 0 Å². The first-order valence-corrected chi connectivity index (χ1v) is 9.52. The summed E-state index contributed by atoms with van der Waals surface area (Å²) in [5.74, 6) is 1.91. The standard InChI is InChI=1S/C24H25N3O/c1-19-7-6-10-22(15-19)27-18-26(16-20-11-13-23(28-2)14-12-20)17-25-24(27)21-8-4-3-5-9-21/h3-15H,16-18H2,1-2H3. The highest BCUT2D eigenvalue weighted by Gasteiger charge is 2.23. The second kappa shape index (κ2) is 8.28. The molecule has 0 atom stereocenters. The van der Waals surface area contributed by atoms with Crippen molar-refractivity contribution in [1.29, 1.82) is 0 Å². The second-order valence-electron chi connectivity index (χ2n) is 7.07. The topological polar surface area (TPSA) is 28.1 Å². The molecule has 0 saturated carbocycles. The molecule has 1 aliphatic heterocycles. The Labute approximate surface area is 166 Å². The van der Waals surface area contributed by atoms with Crippen molar-refractivity contribution in [3.63, 3.8) is 0 Å². The van der Waals surface area contributed by atoms with E-state index in [1.165, 1.54) is 16.8 Å². The summed E-state index contributed by atoms with van der Waals surface area (Å²) in [4.78, 5) is 9.59. The predicted molar refractivity (Wildman–Crippen MR) is 115 cm³/mol. The third-order valence-electron chi connectivity index (χ3n) is 4.93. The van der Waals surface area contributed by atoms with Gasteiger partial charge in [0.25, 0.3) is 0 Å². The minimum Gasteiger partial charge on any atom is -0.497 e. The van der Waals surface area contributed by atoms with Crippen LogP contribution in [-0.4, -0.2) is 31.2 Å². The highest BCUT2D eigenvalue weighted by molar-refractivity contribution is 6.10. The van der Waals surface area contributed by atoms with Gasteiger partial charge in [0.1, 0.15) is 11.6 Å². The fourth-order valence-electron chi connectivity index (χ4n) is 3.49. The van der Waals surface area contributed by atoms with Crippen molar-refractivity contribution in [2.75, 3.05) is 25.3 Å². The van der Waals surface area contributed by atoms with E-state index in [9.17, 15) is 0 Å². The van der Waals surface area contributed by atoms with Crippen LogP contribution in [0.3, 0.4) is 0 Å². The third kappa shape index (κ3) is 4.07. The minimum atomic E-state index is 0.679. The van der Waals surface area contributed by atoms with Gasteiger partial charge in [0, 0.05) is 17.8 Å². The van der Waals surface area contributed by atoms with Crippen LogP contribution >= 0.6 is 0 Å². The number of amidine groups is 1. The van der Waals surface area contributed by atoms with Gasteiger partial charge in [-0.25, -0.2) is 0 Å². The second-order valence-corrected chi connectivity index (χ2v) is 7.07. The summed E-state index contributed by atoms with van der Waals surface area (Å²) < 4.78 is 5.26. The fraction of sp³-hybridized carbons (Fsp3) is 0.208. The molecule has 0 aliphatic carbocycles. The van der Waals surface area contributed by atoms with Crippen LogP contribution in [0.2, 0.25) is 0 Å². The van der Waals surface area contributed by atoms with Crippen LogP contribution in [0, 0.1) is 6.92 Å². The number of hydrogen-bond acceptors (Lipinski definition) is 4. The van der Waals surface area contributed by atoms with Crippen molar-refractivity contribution in [1.82, 2.24) is 4.90 Å². The maximum atomic E-state index is 5.26. The zero-order valence-electron chi connectivity index (χ0n) is 16.4. The first-order valence-electron chi connectivity index (χ1n) is 9.52. The van der Waals surface area contributed by atoms with Gasteiger partial charge >= 0.3 is 0 Å². The molecular weight excluding hydrogens is 346 g/mol. The van der Waals surface area contributed by atoms with Crippen molar-refractivity contribution in [2.24, 2.45) is 4.99 Å². The Hall–Kier alpha value is -3.11. The summed E-state index contributed by atoms with van der Waals surface area (Å²) in [5.41, 5.74) is 4.82.